The van der Waals surface area contributed by atoms with Gasteiger partial charge in [-0.1, -0.05) is 44.2 Å². The van der Waals surface area contributed by atoms with Crippen LogP contribution in [-0.2, 0) is 6.42 Å². The Hall–Kier alpha value is -1.12. The predicted molar refractivity (Wildman–Crippen MR) is 89.7 cm³/mol. The van der Waals surface area contributed by atoms with Gasteiger partial charge in [0.1, 0.15) is 0 Å². The van der Waals surface area contributed by atoms with E-state index in [9.17, 15) is 0 Å². The Morgan fingerprint density at radius 1 is 1.05 bits per heavy atom. The molecular formula is C18H25NS. The van der Waals surface area contributed by atoms with Gasteiger partial charge in [-0.05, 0) is 48.4 Å². The van der Waals surface area contributed by atoms with E-state index in [1.54, 1.807) is 0 Å². The zero-order chi connectivity index (χ0) is 14.4. The summed E-state index contributed by atoms with van der Waals surface area (Å²) < 4.78 is 0. The van der Waals surface area contributed by atoms with Gasteiger partial charge in [-0.3, -0.25) is 0 Å². The summed E-state index contributed by atoms with van der Waals surface area (Å²) >= 11 is 1.86. The molecule has 20 heavy (non-hydrogen) atoms. The number of thiophene rings is 1. The lowest BCUT2D eigenvalue weighted by atomic mass is 9.91. The smallest absolute Gasteiger partial charge is 0.00517 e. The van der Waals surface area contributed by atoms with Gasteiger partial charge in [0, 0.05) is 17.3 Å². The van der Waals surface area contributed by atoms with E-state index in [1.165, 1.54) is 16.0 Å². The van der Waals surface area contributed by atoms with Gasteiger partial charge in [0.2, 0.25) is 0 Å². The molecule has 1 N–H and O–H groups in total. The Balaban J connectivity index is 2.09. The standard InChI is InChI=1S/C18H25NS/c1-14(2)12-19-13-16(11-17-8-6-10-20-17)18-9-5-4-7-15(18)3/h4-10,14,16,19H,11-13H2,1-3H3. The van der Waals surface area contributed by atoms with E-state index in [0.29, 0.717) is 11.8 Å². The lowest BCUT2D eigenvalue weighted by molar-refractivity contribution is 0.514. The Morgan fingerprint density at radius 3 is 2.50 bits per heavy atom. The van der Waals surface area contributed by atoms with E-state index < -0.39 is 0 Å². The minimum Gasteiger partial charge on any atom is -0.316 e. The molecule has 0 aliphatic heterocycles. The Labute approximate surface area is 127 Å². The molecule has 1 unspecified atom stereocenters. The third kappa shape index (κ3) is 4.46. The minimum absolute atomic E-state index is 0.564. The highest BCUT2D eigenvalue weighted by atomic mass is 32.1. The molecule has 1 aromatic heterocycles. The first kappa shape index (κ1) is 15.3. The molecule has 0 fully saturated rings. The second-order valence-corrected chi connectivity index (χ2v) is 6.92. The fourth-order valence-electron chi connectivity index (χ4n) is 2.55. The van der Waals surface area contributed by atoms with Crippen LogP contribution in [0.1, 0.15) is 35.8 Å². The van der Waals surface area contributed by atoms with Crippen LogP contribution in [0.2, 0.25) is 0 Å². The Bertz CT molecular complexity index is 502. The van der Waals surface area contributed by atoms with Gasteiger partial charge >= 0.3 is 0 Å². The SMILES string of the molecule is Cc1ccccc1C(CNCC(C)C)Cc1cccs1. The molecular weight excluding hydrogens is 262 g/mol. The van der Waals surface area contributed by atoms with E-state index in [4.69, 9.17) is 0 Å². The Kier molecular flexibility index (Phi) is 5.81. The molecule has 2 rings (SSSR count). The fourth-order valence-corrected chi connectivity index (χ4v) is 3.34. The summed E-state index contributed by atoms with van der Waals surface area (Å²) in [5, 5.41) is 5.80. The van der Waals surface area contributed by atoms with Gasteiger partial charge in [0.05, 0.1) is 0 Å². The predicted octanol–water partition coefficient (Wildman–Crippen LogP) is 4.63. The third-order valence-corrected chi connectivity index (χ3v) is 4.50. The molecule has 0 aliphatic rings. The third-order valence-electron chi connectivity index (χ3n) is 3.60. The molecule has 1 nitrogen and oxygen atoms in total. The summed E-state index contributed by atoms with van der Waals surface area (Å²) in [6.07, 6.45) is 1.13. The molecule has 0 spiro atoms. The van der Waals surface area contributed by atoms with Gasteiger partial charge in [0.25, 0.3) is 0 Å². The molecule has 0 saturated heterocycles. The molecule has 2 heteroatoms. The molecule has 0 saturated carbocycles. The highest BCUT2D eigenvalue weighted by Crippen LogP contribution is 2.25. The van der Waals surface area contributed by atoms with E-state index in [0.717, 1.165) is 19.5 Å². The normalized spacial score (nSPS) is 12.8. The first-order valence-electron chi connectivity index (χ1n) is 7.45. The maximum atomic E-state index is 3.63. The van der Waals surface area contributed by atoms with Crippen LogP contribution >= 0.6 is 11.3 Å². The summed E-state index contributed by atoms with van der Waals surface area (Å²) in [5.74, 6) is 1.27. The van der Waals surface area contributed by atoms with Crippen molar-refractivity contribution in [1.29, 1.82) is 0 Å². The summed E-state index contributed by atoms with van der Waals surface area (Å²) in [6, 6.07) is 13.2. The molecule has 0 radical (unpaired) electrons. The highest BCUT2D eigenvalue weighted by molar-refractivity contribution is 7.09. The van der Waals surface area contributed by atoms with Crippen molar-refractivity contribution in [2.24, 2.45) is 5.92 Å². The molecule has 2 aromatic rings. The first-order chi connectivity index (χ1) is 9.66. The van der Waals surface area contributed by atoms with Crippen molar-refractivity contribution >= 4 is 11.3 Å². The van der Waals surface area contributed by atoms with E-state index in [-0.39, 0.29) is 0 Å². The van der Waals surface area contributed by atoms with Crippen LogP contribution in [0.25, 0.3) is 0 Å². The quantitative estimate of drug-likeness (QED) is 0.783. The zero-order valence-electron chi connectivity index (χ0n) is 12.7. The molecule has 1 heterocycles. The number of hydrogen-bond donors (Lipinski definition) is 1. The summed E-state index contributed by atoms with van der Waals surface area (Å²) in [6.45, 7) is 8.89. The molecule has 108 valence electrons. The van der Waals surface area contributed by atoms with Crippen molar-refractivity contribution in [2.45, 2.75) is 33.1 Å². The van der Waals surface area contributed by atoms with Crippen LogP contribution in [0, 0.1) is 12.8 Å². The molecule has 0 amide bonds. The van der Waals surface area contributed by atoms with Crippen molar-refractivity contribution in [3.05, 3.63) is 57.8 Å². The van der Waals surface area contributed by atoms with Gasteiger partial charge in [-0.15, -0.1) is 11.3 Å². The topological polar surface area (TPSA) is 12.0 Å². The Morgan fingerprint density at radius 2 is 1.85 bits per heavy atom. The average molecular weight is 287 g/mol. The minimum atomic E-state index is 0.564. The van der Waals surface area contributed by atoms with Gasteiger partial charge in [-0.2, -0.15) is 0 Å². The van der Waals surface area contributed by atoms with Crippen molar-refractivity contribution in [2.75, 3.05) is 13.1 Å². The molecule has 0 bridgehead atoms. The number of aryl methyl sites for hydroxylation is 1. The van der Waals surface area contributed by atoms with Crippen molar-refractivity contribution < 1.29 is 0 Å². The van der Waals surface area contributed by atoms with Gasteiger partial charge < -0.3 is 5.32 Å². The summed E-state index contributed by atoms with van der Waals surface area (Å²) in [5.41, 5.74) is 2.89. The van der Waals surface area contributed by atoms with Gasteiger partial charge in [0.15, 0.2) is 0 Å². The van der Waals surface area contributed by atoms with Crippen LogP contribution in [0.15, 0.2) is 41.8 Å². The monoisotopic (exact) mass is 287 g/mol. The lowest BCUT2D eigenvalue weighted by Gasteiger charge is -2.20. The maximum Gasteiger partial charge on any atom is 0.00517 e. The molecule has 0 aliphatic carbocycles. The van der Waals surface area contributed by atoms with Gasteiger partial charge in [-0.25, -0.2) is 0 Å². The lowest BCUT2D eigenvalue weighted by Crippen LogP contribution is -2.26. The summed E-state index contributed by atoms with van der Waals surface area (Å²) in [4.78, 5) is 1.48. The van der Waals surface area contributed by atoms with Crippen LogP contribution in [0.3, 0.4) is 0 Å². The van der Waals surface area contributed by atoms with Crippen molar-refractivity contribution in [3.8, 4) is 0 Å². The van der Waals surface area contributed by atoms with E-state index >= 15 is 0 Å². The average Bonchev–Trinajstić information content (AvgIpc) is 2.91. The number of hydrogen-bond acceptors (Lipinski definition) is 2. The van der Waals surface area contributed by atoms with Crippen LogP contribution in [0.4, 0.5) is 0 Å². The fraction of sp³-hybridized carbons (Fsp3) is 0.444. The second-order valence-electron chi connectivity index (χ2n) is 5.89. The highest BCUT2D eigenvalue weighted by Gasteiger charge is 2.14. The van der Waals surface area contributed by atoms with E-state index in [1.807, 2.05) is 11.3 Å². The van der Waals surface area contributed by atoms with Crippen LogP contribution in [-0.4, -0.2) is 13.1 Å². The first-order valence-corrected chi connectivity index (χ1v) is 8.33. The number of rotatable bonds is 7. The number of nitrogens with one attached hydrogen (secondary N) is 1. The largest absolute Gasteiger partial charge is 0.316 e. The number of benzene rings is 1. The van der Waals surface area contributed by atoms with E-state index in [2.05, 4.69) is 67.9 Å². The van der Waals surface area contributed by atoms with Crippen molar-refractivity contribution in [1.82, 2.24) is 5.32 Å². The van der Waals surface area contributed by atoms with Crippen molar-refractivity contribution in [3.63, 3.8) is 0 Å². The van der Waals surface area contributed by atoms with Crippen LogP contribution in [0.5, 0.6) is 0 Å². The maximum absolute atomic E-state index is 3.63. The molecule has 1 aromatic carbocycles. The van der Waals surface area contributed by atoms with Crippen LogP contribution < -0.4 is 5.32 Å². The zero-order valence-corrected chi connectivity index (χ0v) is 13.5. The molecule has 1 atom stereocenters. The second kappa shape index (κ2) is 7.61. The summed E-state index contributed by atoms with van der Waals surface area (Å²) in [7, 11) is 0.